The molecule has 0 unspecified atom stereocenters. The molecule has 3 aromatic carbocycles. The maximum Gasteiger partial charge on any atom is 0.282 e. The van der Waals surface area contributed by atoms with Gasteiger partial charge in [-0.2, -0.15) is 0 Å². The monoisotopic (exact) mass is 427 g/mol. The molecule has 0 spiro atoms. The highest BCUT2D eigenvalue weighted by atomic mass is 19.1. The Morgan fingerprint density at radius 2 is 1.22 bits per heavy atom. The number of carbonyl (C=O) groups excluding carboxylic acids is 2. The molecule has 32 heavy (non-hydrogen) atoms. The minimum atomic E-state index is -0.491. The van der Waals surface area contributed by atoms with Crippen molar-refractivity contribution in [3.8, 4) is 0 Å². The molecule has 2 aliphatic rings. The van der Waals surface area contributed by atoms with Crippen LogP contribution in [0, 0.1) is 5.82 Å². The molecule has 2 aliphatic heterocycles. The Hall–Kier alpha value is -3.93. The molecule has 0 N–H and O–H groups in total. The third kappa shape index (κ3) is 3.54. The summed E-state index contributed by atoms with van der Waals surface area (Å²) in [7, 11) is 0. The number of hydrogen-bond donors (Lipinski definition) is 0. The van der Waals surface area contributed by atoms with E-state index in [1.54, 1.807) is 6.07 Å². The zero-order valence-corrected chi connectivity index (χ0v) is 17.4. The van der Waals surface area contributed by atoms with Gasteiger partial charge < -0.3 is 9.80 Å². The molecule has 5 rings (SSSR count). The van der Waals surface area contributed by atoms with Crippen LogP contribution in [0.15, 0.2) is 90.6 Å². The van der Waals surface area contributed by atoms with E-state index in [4.69, 9.17) is 0 Å². The fourth-order valence-electron chi connectivity index (χ4n) is 4.35. The van der Waals surface area contributed by atoms with Gasteiger partial charge in [0, 0.05) is 31.9 Å². The summed E-state index contributed by atoms with van der Waals surface area (Å²) in [6, 6.07) is 25.0. The zero-order chi connectivity index (χ0) is 22.1. The first-order chi connectivity index (χ1) is 15.6. The van der Waals surface area contributed by atoms with Crippen molar-refractivity contribution in [1.29, 1.82) is 0 Å². The lowest BCUT2D eigenvalue weighted by atomic mass is 10.0. The van der Waals surface area contributed by atoms with Crippen molar-refractivity contribution in [3.63, 3.8) is 0 Å². The first kappa shape index (κ1) is 20.0. The third-order valence-electron chi connectivity index (χ3n) is 5.91. The zero-order valence-electron chi connectivity index (χ0n) is 17.4. The standard InChI is InChI=1S/C26H22FN3O2/c27-20-10-7-13-22(18-20)30-25(31)23(19-8-3-1-4-9-19)24(26(30)32)29-16-14-28(15-17-29)21-11-5-2-6-12-21/h1-13,18H,14-17H2. The van der Waals surface area contributed by atoms with E-state index in [0.717, 1.165) is 23.7 Å². The van der Waals surface area contributed by atoms with Crippen molar-refractivity contribution in [2.75, 3.05) is 36.0 Å². The Balaban J connectivity index is 1.50. The van der Waals surface area contributed by atoms with Crippen LogP contribution in [0.25, 0.3) is 5.57 Å². The van der Waals surface area contributed by atoms with Gasteiger partial charge >= 0.3 is 0 Å². The second-order valence-corrected chi connectivity index (χ2v) is 7.82. The van der Waals surface area contributed by atoms with Gasteiger partial charge in [-0.15, -0.1) is 0 Å². The average Bonchev–Trinajstić information content (AvgIpc) is 3.10. The van der Waals surface area contributed by atoms with Gasteiger partial charge in [0.25, 0.3) is 11.8 Å². The number of rotatable bonds is 4. The predicted octanol–water partition coefficient (Wildman–Crippen LogP) is 3.93. The van der Waals surface area contributed by atoms with Crippen LogP contribution in [-0.2, 0) is 9.59 Å². The number of para-hydroxylation sites is 1. The van der Waals surface area contributed by atoms with Crippen molar-refractivity contribution in [2.45, 2.75) is 0 Å². The molecule has 6 heteroatoms. The Labute approximate surface area is 186 Å². The van der Waals surface area contributed by atoms with E-state index in [1.165, 1.54) is 18.2 Å². The van der Waals surface area contributed by atoms with E-state index in [1.807, 2.05) is 53.4 Å². The van der Waals surface area contributed by atoms with Crippen LogP contribution in [0.4, 0.5) is 15.8 Å². The molecule has 0 bridgehead atoms. The molecule has 0 aromatic heterocycles. The largest absolute Gasteiger partial charge is 0.368 e. The van der Waals surface area contributed by atoms with Crippen molar-refractivity contribution < 1.29 is 14.0 Å². The summed E-state index contributed by atoms with van der Waals surface area (Å²) in [6.07, 6.45) is 0. The molecule has 0 radical (unpaired) electrons. The molecule has 5 nitrogen and oxygen atoms in total. The van der Waals surface area contributed by atoms with Crippen molar-refractivity contribution in [1.82, 2.24) is 4.90 Å². The maximum absolute atomic E-state index is 13.9. The third-order valence-corrected chi connectivity index (χ3v) is 5.91. The van der Waals surface area contributed by atoms with Gasteiger partial charge in [0.1, 0.15) is 11.5 Å². The lowest BCUT2D eigenvalue weighted by Crippen LogP contribution is -2.47. The summed E-state index contributed by atoms with van der Waals surface area (Å²) in [6.45, 7) is 2.68. The fraction of sp³-hybridized carbons (Fsp3) is 0.154. The van der Waals surface area contributed by atoms with Crippen molar-refractivity contribution >= 4 is 28.8 Å². The summed E-state index contributed by atoms with van der Waals surface area (Å²) in [5.74, 6) is -1.32. The van der Waals surface area contributed by atoms with E-state index in [-0.39, 0.29) is 5.69 Å². The quantitative estimate of drug-likeness (QED) is 0.592. The van der Waals surface area contributed by atoms with Crippen LogP contribution in [0.5, 0.6) is 0 Å². The van der Waals surface area contributed by atoms with E-state index >= 15 is 0 Å². The van der Waals surface area contributed by atoms with Gasteiger partial charge in [0.05, 0.1) is 11.3 Å². The van der Waals surface area contributed by atoms with Crippen LogP contribution in [0.2, 0.25) is 0 Å². The number of hydrogen-bond acceptors (Lipinski definition) is 4. The van der Waals surface area contributed by atoms with Gasteiger partial charge in [-0.1, -0.05) is 54.6 Å². The molecule has 3 aromatic rings. The van der Waals surface area contributed by atoms with Crippen LogP contribution < -0.4 is 9.80 Å². The molecular weight excluding hydrogens is 405 g/mol. The molecule has 0 aliphatic carbocycles. The Bertz CT molecular complexity index is 1190. The summed E-state index contributed by atoms with van der Waals surface area (Å²) in [5, 5.41) is 0. The summed E-state index contributed by atoms with van der Waals surface area (Å²) < 4.78 is 13.9. The van der Waals surface area contributed by atoms with Crippen LogP contribution >= 0.6 is 0 Å². The number of nitrogens with zero attached hydrogens (tertiary/aromatic N) is 3. The fourth-order valence-corrected chi connectivity index (χ4v) is 4.35. The number of benzene rings is 3. The minimum absolute atomic E-state index is 0.242. The highest BCUT2D eigenvalue weighted by Crippen LogP contribution is 2.35. The number of halogens is 1. The second kappa shape index (κ2) is 8.30. The SMILES string of the molecule is O=C1C(c2ccccc2)=C(N2CCN(c3ccccc3)CC2)C(=O)N1c1cccc(F)c1. The van der Waals surface area contributed by atoms with Gasteiger partial charge in [-0.3, -0.25) is 9.59 Å². The van der Waals surface area contributed by atoms with Crippen molar-refractivity contribution in [3.05, 3.63) is 102 Å². The van der Waals surface area contributed by atoms with E-state index in [9.17, 15) is 14.0 Å². The number of carbonyl (C=O) groups is 2. The minimum Gasteiger partial charge on any atom is -0.368 e. The van der Waals surface area contributed by atoms with Gasteiger partial charge in [-0.05, 0) is 35.9 Å². The normalized spacial score (nSPS) is 16.8. The highest BCUT2D eigenvalue weighted by molar-refractivity contribution is 6.45. The first-order valence-corrected chi connectivity index (χ1v) is 10.6. The molecule has 2 amide bonds. The molecule has 1 fully saturated rings. The van der Waals surface area contributed by atoms with E-state index < -0.39 is 17.6 Å². The van der Waals surface area contributed by atoms with Gasteiger partial charge in [0.15, 0.2) is 0 Å². The molecular formula is C26H22FN3O2. The lowest BCUT2D eigenvalue weighted by molar-refractivity contribution is -0.120. The van der Waals surface area contributed by atoms with Crippen LogP contribution in [0.3, 0.4) is 0 Å². The number of piperazine rings is 1. The molecule has 0 saturated carbocycles. The van der Waals surface area contributed by atoms with Gasteiger partial charge in [-0.25, -0.2) is 9.29 Å². The lowest BCUT2D eigenvalue weighted by Gasteiger charge is -2.37. The highest BCUT2D eigenvalue weighted by Gasteiger charge is 2.43. The molecule has 0 atom stereocenters. The Morgan fingerprint density at radius 1 is 0.625 bits per heavy atom. The number of amides is 2. The summed E-state index contributed by atoms with van der Waals surface area (Å²) >= 11 is 0. The predicted molar refractivity (Wildman–Crippen MR) is 122 cm³/mol. The second-order valence-electron chi connectivity index (χ2n) is 7.82. The summed E-state index contributed by atoms with van der Waals surface area (Å²) in [4.78, 5) is 32.3. The smallest absolute Gasteiger partial charge is 0.282 e. The Kier molecular flexibility index (Phi) is 5.19. The van der Waals surface area contributed by atoms with E-state index in [0.29, 0.717) is 29.9 Å². The van der Waals surface area contributed by atoms with Crippen LogP contribution in [-0.4, -0.2) is 42.9 Å². The van der Waals surface area contributed by atoms with Crippen molar-refractivity contribution in [2.24, 2.45) is 0 Å². The van der Waals surface area contributed by atoms with Gasteiger partial charge in [0.2, 0.25) is 0 Å². The molecule has 160 valence electrons. The number of imide groups is 1. The first-order valence-electron chi connectivity index (χ1n) is 10.6. The Morgan fingerprint density at radius 3 is 1.88 bits per heavy atom. The summed E-state index contributed by atoms with van der Waals surface area (Å²) in [5.41, 5.74) is 2.82. The average molecular weight is 427 g/mol. The molecule has 2 heterocycles. The van der Waals surface area contributed by atoms with E-state index in [2.05, 4.69) is 17.0 Å². The maximum atomic E-state index is 13.9. The molecule has 1 saturated heterocycles. The topological polar surface area (TPSA) is 43.9 Å². The number of anilines is 2. The van der Waals surface area contributed by atoms with Crippen LogP contribution in [0.1, 0.15) is 5.56 Å².